The average Bonchev–Trinajstić information content (AvgIpc) is 2.89. The van der Waals surface area contributed by atoms with E-state index in [-0.39, 0.29) is 11.8 Å². The van der Waals surface area contributed by atoms with Crippen LogP contribution < -0.4 is 5.73 Å². The Kier molecular flexibility index (Phi) is 3.11. The van der Waals surface area contributed by atoms with Crippen LogP contribution in [0, 0.1) is 0 Å². The Morgan fingerprint density at radius 2 is 1.85 bits per heavy atom. The summed E-state index contributed by atoms with van der Waals surface area (Å²) >= 11 is 0. The van der Waals surface area contributed by atoms with E-state index in [1.54, 1.807) is 6.07 Å². The van der Waals surface area contributed by atoms with Gasteiger partial charge in [0, 0.05) is 11.1 Å². The third-order valence-corrected chi connectivity index (χ3v) is 3.97. The maximum atomic E-state index is 11.5. The molecule has 20 heavy (non-hydrogen) atoms. The van der Waals surface area contributed by atoms with Gasteiger partial charge in [0.25, 0.3) is 0 Å². The third kappa shape index (κ3) is 2.11. The number of primary amides is 1. The number of carbonyl (C=O) groups excluding carboxylic acids is 2. The van der Waals surface area contributed by atoms with E-state index in [0.29, 0.717) is 11.1 Å². The zero-order valence-electron chi connectivity index (χ0n) is 11.0. The van der Waals surface area contributed by atoms with Crippen LogP contribution in [-0.4, -0.2) is 12.2 Å². The van der Waals surface area contributed by atoms with Crippen LogP contribution in [0.15, 0.2) is 42.5 Å². The predicted molar refractivity (Wildman–Crippen MR) is 76.9 cm³/mol. The molecule has 2 aromatic rings. The second-order valence-electron chi connectivity index (χ2n) is 5.20. The molecule has 0 bridgehead atoms. The molecule has 0 heterocycles. The number of carbonyl (C=O) groups is 2. The summed E-state index contributed by atoms with van der Waals surface area (Å²) in [6, 6.07) is 13.3. The van der Waals surface area contributed by atoms with Gasteiger partial charge < -0.3 is 5.73 Å². The summed E-state index contributed by atoms with van der Waals surface area (Å²) in [7, 11) is 0. The SMILES string of the molecule is NC(=O)c1ccccc1[C@@H]1Cc2ccc(C=O)cc2C1. The standard InChI is InChI=1S/C17H15NO2/c18-17(20)16-4-2-1-3-15(16)14-8-12-6-5-11(10-19)7-13(12)9-14/h1-7,10,14H,8-9H2,(H2,18,20)/t14-/m1/s1. The number of fused-ring (bicyclic) bond motifs is 1. The van der Waals surface area contributed by atoms with Gasteiger partial charge in [-0.05, 0) is 47.6 Å². The van der Waals surface area contributed by atoms with Gasteiger partial charge in [-0.15, -0.1) is 0 Å². The monoisotopic (exact) mass is 265 g/mol. The van der Waals surface area contributed by atoms with Crippen molar-refractivity contribution < 1.29 is 9.59 Å². The minimum Gasteiger partial charge on any atom is -0.366 e. The van der Waals surface area contributed by atoms with E-state index in [4.69, 9.17) is 5.73 Å². The maximum Gasteiger partial charge on any atom is 0.248 e. The minimum atomic E-state index is -0.384. The molecule has 1 atom stereocenters. The number of hydrogen-bond donors (Lipinski definition) is 1. The van der Waals surface area contributed by atoms with Crippen molar-refractivity contribution >= 4 is 12.2 Å². The Morgan fingerprint density at radius 3 is 2.60 bits per heavy atom. The summed E-state index contributed by atoms with van der Waals surface area (Å²) in [5.74, 6) is -0.124. The first-order chi connectivity index (χ1) is 9.69. The normalized spacial score (nSPS) is 16.7. The average molecular weight is 265 g/mol. The first-order valence-electron chi connectivity index (χ1n) is 6.64. The van der Waals surface area contributed by atoms with Gasteiger partial charge in [-0.25, -0.2) is 0 Å². The van der Waals surface area contributed by atoms with E-state index < -0.39 is 0 Å². The Hall–Kier alpha value is -2.42. The summed E-state index contributed by atoms with van der Waals surface area (Å²) in [5, 5.41) is 0. The van der Waals surface area contributed by atoms with Crippen LogP contribution in [0.25, 0.3) is 0 Å². The molecule has 1 aliphatic rings. The summed E-state index contributed by atoms with van der Waals surface area (Å²) in [6.45, 7) is 0. The molecule has 0 aromatic heterocycles. The fourth-order valence-electron chi connectivity index (χ4n) is 3.01. The van der Waals surface area contributed by atoms with Crippen LogP contribution in [0.3, 0.4) is 0 Å². The molecular formula is C17H15NO2. The van der Waals surface area contributed by atoms with Gasteiger partial charge in [0.05, 0.1) is 0 Å². The number of benzene rings is 2. The lowest BCUT2D eigenvalue weighted by atomic mass is 9.91. The highest BCUT2D eigenvalue weighted by Gasteiger charge is 2.25. The number of aldehydes is 1. The van der Waals surface area contributed by atoms with Crippen molar-refractivity contribution in [3.05, 3.63) is 70.3 Å². The number of nitrogens with two attached hydrogens (primary N) is 1. The van der Waals surface area contributed by atoms with Gasteiger partial charge in [0.15, 0.2) is 0 Å². The van der Waals surface area contributed by atoms with Gasteiger partial charge in [0.1, 0.15) is 6.29 Å². The van der Waals surface area contributed by atoms with Crippen LogP contribution in [0.5, 0.6) is 0 Å². The van der Waals surface area contributed by atoms with E-state index >= 15 is 0 Å². The number of rotatable bonds is 3. The summed E-state index contributed by atoms with van der Waals surface area (Å²) in [4.78, 5) is 22.4. The smallest absolute Gasteiger partial charge is 0.248 e. The predicted octanol–water partition coefficient (Wildman–Crippen LogP) is 2.48. The van der Waals surface area contributed by atoms with Crippen molar-refractivity contribution in [3.8, 4) is 0 Å². The molecule has 0 fully saturated rings. The Morgan fingerprint density at radius 1 is 1.10 bits per heavy atom. The first kappa shape index (κ1) is 12.6. The minimum absolute atomic E-state index is 0.260. The Balaban J connectivity index is 1.96. The number of hydrogen-bond acceptors (Lipinski definition) is 2. The van der Waals surface area contributed by atoms with Crippen molar-refractivity contribution in [2.75, 3.05) is 0 Å². The molecule has 3 nitrogen and oxygen atoms in total. The van der Waals surface area contributed by atoms with Gasteiger partial charge in [0.2, 0.25) is 5.91 Å². The zero-order valence-corrected chi connectivity index (χ0v) is 11.0. The molecule has 1 amide bonds. The molecule has 0 aliphatic heterocycles. The van der Waals surface area contributed by atoms with E-state index in [1.807, 2.05) is 36.4 Å². The summed E-state index contributed by atoms with van der Waals surface area (Å²) in [6.07, 6.45) is 2.60. The highest BCUT2D eigenvalue weighted by molar-refractivity contribution is 5.94. The quantitative estimate of drug-likeness (QED) is 0.867. The highest BCUT2D eigenvalue weighted by atomic mass is 16.1. The van der Waals surface area contributed by atoms with E-state index in [0.717, 1.165) is 24.7 Å². The van der Waals surface area contributed by atoms with Crippen LogP contribution >= 0.6 is 0 Å². The molecule has 0 saturated carbocycles. The highest BCUT2D eigenvalue weighted by Crippen LogP contribution is 2.35. The fourth-order valence-corrected chi connectivity index (χ4v) is 3.01. The van der Waals surface area contributed by atoms with Crippen molar-refractivity contribution in [1.29, 1.82) is 0 Å². The molecule has 3 heteroatoms. The third-order valence-electron chi connectivity index (χ3n) is 3.97. The fraction of sp³-hybridized carbons (Fsp3) is 0.176. The molecule has 0 spiro atoms. The molecule has 2 aromatic carbocycles. The van der Waals surface area contributed by atoms with Crippen molar-refractivity contribution in [2.24, 2.45) is 5.73 Å². The largest absolute Gasteiger partial charge is 0.366 e. The number of amides is 1. The topological polar surface area (TPSA) is 60.2 Å². The van der Waals surface area contributed by atoms with Crippen molar-refractivity contribution in [2.45, 2.75) is 18.8 Å². The lowest BCUT2D eigenvalue weighted by Crippen LogP contribution is -2.15. The first-order valence-corrected chi connectivity index (χ1v) is 6.64. The zero-order chi connectivity index (χ0) is 14.1. The second kappa shape index (κ2) is 4.93. The van der Waals surface area contributed by atoms with Crippen LogP contribution in [0.1, 0.15) is 43.3 Å². The van der Waals surface area contributed by atoms with Gasteiger partial charge in [-0.2, -0.15) is 0 Å². The van der Waals surface area contributed by atoms with Crippen molar-refractivity contribution in [3.63, 3.8) is 0 Å². The van der Waals surface area contributed by atoms with E-state index in [1.165, 1.54) is 11.1 Å². The Bertz CT molecular complexity index is 691. The maximum absolute atomic E-state index is 11.5. The van der Waals surface area contributed by atoms with E-state index in [2.05, 4.69) is 0 Å². The van der Waals surface area contributed by atoms with Crippen molar-refractivity contribution in [1.82, 2.24) is 0 Å². The van der Waals surface area contributed by atoms with Gasteiger partial charge in [-0.3, -0.25) is 9.59 Å². The Labute approximate surface area is 117 Å². The summed E-state index contributed by atoms with van der Waals surface area (Å²) in [5.41, 5.74) is 10.2. The molecule has 100 valence electrons. The lowest BCUT2D eigenvalue weighted by molar-refractivity contribution is 0.0998. The molecule has 0 radical (unpaired) electrons. The molecule has 1 aliphatic carbocycles. The molecule has 0 unspecified atom stereocenters. The molecule has 3 rings (SSSR count). The van der Waals surface area contributed by atoms with Gasteiger partial charge in [-0.1, -0.05) is 30.3 Å². The van der Waals surface area contributed by atoms with Crippen LogP contribution in [-0.2, 0) is 12.8 Å². The second-order valence-corrected chi connectivity index (χ2v) is 5.20. The molecule has 2 N–H and O–H groups in total. The summed E-state index contributed by atoms with van der Waals surface area (Å²) < 4.78 is 0. The lowest BCUT2D eigenvalue weighted by Gasteiger charge is -2.13. The molecular weight excluding hydrogens is 250 g/mol. The van der Waals surface area contributed by atoms with Crippen LogP contribution in [0.2, 0.25) is 0 Å². The van der Waals surface area contributed by atoms with E-state index in [9.17, 15) is 9.59 Å². The molecule has 0 saturated heterocycles. The van der Waals surface area contributed by atoms with Gasteiger partial charge >= 0.3 is 0 Å². The van der Waals surface area contributed by atoms with Crippen LogP contribution in [0.4, 0.5) is 0 Å².